The van der Waals surface area contributed by atoms with Gasteiger partial charge in [0, 0.05) is 42.6 Å². The van der Waals surface area contributed by atoms with E-state index in [9.17, 15) is 4.79 Å². The van der Waals surface area contributed by atoms with Gasteiger partial charge in [-0.25, -0.2) is 4.98 Å². The second kappa shape index (κ2) is 10.3. The minimum Gasteiger partial charge on any atom is -0.457 e. The molecule has 2 N–H and O–H groups in total. The standard InChI is InChI=1S/C29H26N6O2/c1-4-29(36)31-12-5-6-20-15-23-24(11-13-30-26(23)17-32-20)34-21-7-10-28(19(2)14-21)37-22-8-9-27-25(16-22)33-18-35(27)3/h4-11,13-18H,1,12H2,2-3H3,(H,30,34)(H,31,36)/b6-5+. The van der Waals surface area contributed by atoms with E-state index in [2.05, 4.69) is 32.2 Å². The first-order valence-electron chi connectivity index (χ1n) is 11.8. The van der Waals surface area contributed by atoms with Crippen LogP contribution in [0.15, 0.2) is 86.0 Å². The maximum absolute atomic E-state index is 11.3. The molecule has 2 aromatic carbocycles. The highest BCUT2D eigenvalue weighted by molar-refractivity contribution is 5.93. The van der Waals surface area contributed by atoms with Crippen LogP contribution in [0.3, 0.4) is 0 Å². The predicted octanol–water partition coefficient (Wildman–Crippen LogP) is 5.68. The molecule has 0 spiro atoms. The number of aryl methyl sites for hydroxylation is 2. The lowest BCUT2D eigenvalue weighted by molar-refractivity contribution is -0.116. The van der Waals surface area contributed by atoms with Crippen molar-refractivity contribution in [2.24, 2.45) is 7.05 Å². The van der Waals surface area contributed by atoms with Gasteiger partial charge in [0.1, 0.15) is 11.5 Å². The Balaban J connectivity index is 1.34. The van der Waals surface area contributed by atoms with Gasteiger partial charge in [-0.1, -0.05) is 12.7 Å². The first kappa shape index (κ1) is 23.7. The van der Waals surface area contributed by atoms with Crippen molar-refractivity contribution >= 4 is 45.3 Å². The van der Waals surface area contributed by atoms with Crippen molar-refractivity contribution in [1.29, 1.82) is 0 Å². The number of fused-ring (bicyclic) bond motifs is 2. The van der Waals surface area contributed by atoms with Crippen molar-refractivity contribution in [2.45, 2.75) is 6.92 Å². The average molecular weight is 491 g/mol. The third kappa shape index (κ3) is 5.33. The number of amides is 1. The molecular formula is C29H26N6O2. The zero-order valence-electron chi connectivity index (χ0n) is 20.6. The Kier molecular flexibility index (Phi) is 6.63. The summed E-state index contributed by atoms with van der Waals surface area (Å²) < 4.78 is 8.13. The molecule has 8 heteroatoms. The van der Waals surface area contributed by atoms with Gasteiger partial charge in [-0.2, -0.15) is 0 Å². The number of benzene rings is 2. The number of carbonyl (C=O) groups is 1. The molecule has 0 saturated carbocycles. The van der Waals surface area contributed by atoms with Crippen LogP contribution in [0.2, 0.25) is 0 Å². The van der Waals surface area contributed by atoms with Gasteiger partial charge in [0.05, 0.1) is 34.8 Å². The molecule has 3 aromatic heterocycles. The number of rotatable bonds is 8. The predicted molar refractivity (Wildman–Crippen MR) is 147 cm³/mol. The molecule has 0 saturated heterocycles. The van der Waals surface area contributed by atoms with Crippen molar-refractivity contribution < 1.29 is 9.53 Å². The molecule has 5 aromatic rings. The van der Waals surface area contributed by atoms with Crippen LogP contribution in [-0.4, -0.2) is 32.0 Å². The summed E-state index contributed by atoms with van der Waals surface area (Å²) in [5, 5.41) is 7.14. The largest absolute Gasteiger partial charge is 0.457 e. The third-order valence-corrected chi connectivity index (χ3v) is 5.90. The summed E-state index contributed by atoms with van der Waals surface area (Å²) in [6, 6.07) is 15.8. The number of hydrogen-bond acceptors (Lipinski definition) is 6. The number of nitrogens with one attached hydrogen (secondary N) is 2. The number of hydrogen-bond donors (Lipinski definition) is 2. The van der Waals surface area contributed by atoms with E-state index in [4.69, 9.17) is 4.74 Å². The van der Waals surface area contributed by atoms with Gasteiger partial charge in [-0.05, 0) is 67.1 Å². The zero-order chi connectivity index (χ0) is 25.8. The third-order valence-electron chi connectivity index (χ3n) is 5.90. The van der Waals surface area contributed by atoms with Crippen LogP contribution in [0.1, 0.15) is 11.3 Å². The maximum Gasteiger partial charge on any atom is 0.243 e. The van der Waals surface area contributed by atoms with Gasteiger partial charge in [-0.15, -0.1) is 0 Å². The molecule has 184 valence electrons. The lowest BCUT2D eigenvalue weighted by atomic mass is 10.1. The fourth-order valence-electron chi connectivity index (χ4n) is 3.98. The van der Waals surface area contributed by atoms with Crippen LogP contribution in [0.5, 0.6) is 11.5 Å². The second-order valence-corrected chi connectivity index (χ2v) is 8.55. The van der Waals surface area contributed by atoms with Crippen LogP contribution in [0, 0.1) is 6.92 Å². The summed E-state index contributed by atoms with van der Waals surface area (Å²) in [4.78, 5) is 24.6. The number of anilines is 2. The fourth-order valence-corrected chi connectivity index (χ4v) is 3.98. The molecule has 5 rings (SSSR count). The van der Waals surface area contributed by atoms with Crippen molar-refractivity contribution in [3.05, 3.63) is 97.2 Å². The second-order valence-electron chi connectivity index (χ2n) is 8.55. The monoisotopic (exact) mass is 490 g/mol. The van der Waals surface area contributed by atoms with Gasteiger partial charge in [-0.3, -0.25) is 14.8 Å². The van der Waals surface area contributed by atoms with Crippen LogP contribution in [0.4, 0.5) is 11.4 Å². The van der Waals surface area contributed by atoms with Crippen molar-refractivity contribution in [3.8, 4) is 11.5 Å². The van der Waals surface area contributed by atoms with Crippen LogP contribution >= 0.6 is 0 Å². The van der Waals surface area contributed by atoms with E-state index >= 15 is 0 Å². The number of imidazole rings is 1. The Morgan fingerprint density at radius 2 is 1.97 bits per heavy atom. The number of carbonyl (C=O) groups excluding carboxylic acids is 1. The Bertz CT molecular complexity index is 1650. The molecule has 1 amide bonds. The molecular weight excluding hydrogens is 464 g/mol. The van der Waals surface area contributed by atoms with Crippen molar-refractivity contribution in [3.63, 3.8) is 0 Å². The lowest BCUT2D eigenvalue weighted by Gasteiger charge is -2.13. The number of aromatic nitrogens is 4. The average Bonchev–Trinajstić information content (AvgIpc) is 3.28. The minimum atomic E-state index is -0.215. The van der Waals surface area contributed by atoms with Crippen LogP contribution in [0.25, 0.3) is 28.0 Å². The van der Waals surface area contributed by atoms with E-state index in [-0.39, 0.29) is 5.91 Å². The van der Waals surface area contributed by atoms with Crippen LogP contribution in [-0.2, 0) is 11.8 Å². The molecule has 0 aliphatic carbocycles. The topological polar surface area (TPSA) is 94.0 Å². The van der Waals surface area contributed by atoms with Gasteiger partial charge >= 0.3 is 0 Å². The number of nitrogens with zero attached hydrogens (tertiary/aromatic N) is 4. The van der Waals surface area contributed by atoms with E-state index in [0.29, 0.717) is 6.54 Å². The van der Waals surface area contributed by atoms with E-state index in [1.165, 1.54) is 6.08 Å². The van der Waals surface area contributed by atoms with Gasteiger partial charge < -0.3 is 19.9 Å². The minimum absolute atomic E-state index is 0.215. The van der Waals surface area contributed by atoms with E-state index in [1.807, 2.05) is 79.2 Å². The highest BCUT2D eigenvalue weighted by Crippen LogP contribution is 2.31. The molecule has 8 nitrogen and oxygen atoms in total. The van der Waals surface area contributed by atoms with Crippen LogP contribution < -0.4 is 15.4 Å². The summed E-state index contributed by atoms with van der Waals surface area (Å²) in [6.45, 7) is 5.85. The Morgan fingerprint density at radius 3 is 2.81 bits per heavy atom. The molecule has 0 aliphatic heterocycles. The highest BCUT2D eigenvalue weighted by atomic mass is 16.5. The number of ether oxygens (including phenoxy) is 1. The molecule has 0 bridgehead atoms. The molecule has 37 heavy (non-hydrogen) atoms. The Morgan fingerprint density at radius 1 is 1.08 bits per heavy atom. The van der Waals surface area contributed by atoms with Gasteiger partial charge in [0.2, 0.25) is 5.91 Å². The van der Waals surface area contributed by atoms with E-state index < -0.39 is 0 Å². The quantitative estimate of drug-likeness (QED) is 0.272. The normalized spacial score (nSPS) is 11.2. The molecule has 0 fully saturated rings. The van der Waals surface area contributed by atoms with E-state index in [0.717, 1.165) is 56.1 Å². The first-order chi connectivity index (χ1) is 18.0. The zero-order valence-corrected chi connectivity index (χ0v) is 20.6. The van der Waals surface area contributed by atoms with Crippen molar-refractivity contribution in [2.75, 3.05) is 11.9 Å². The first-order valence-corrected chi connectivity index (χ1v) is 11.8. The smallest absolute Gasteiger partial charge is 0.243 e. The molecule has 3 heterocycles. The molecule has 0 aliphatic rings. The Labute approximate surface area is 214 Å². The van der Waals surface area contributed by atoms with Gasteiger partial charge in [0.15, 0.2) is 0 Å². The lowest BCUT2D eigenvalue weighted by Crippen LogP contribution is -2.20. The summed E-state index contributed by atoms with van der Waals surface area (Å²) in [7, 11) is 1.97. The summed E-state index contributed by atoms with van der Waals surface area (Å²) in [5.41, 5.74) is 6.34. The van der Waals surface area contributed by atoms with Crippen molar-refractivity contribution in [1.82, 2.24) is 24.8 Å². The van der Waals surface area contributed by atoms with E-state index in [1.54, 1.807) is 18.7 Å². The fraction of sp³-hybridized carbons (Fsp3) is 0.103. The number of pyridine rings is 2. The molecule has 0 radical (unpaired) electrons. The molecule has 0 unspecified atom stereocenters. The maximum atomic E-state index is 11.3. The highest BCUT2D eigenvalue weighted by Gasteiger charge is 2.08. The summed E-state index contributed by atoms with van der Waals surface area (Å²) in [6.07, 6.45) is 10.2. The van der Waals surface area contributed by atoms with Gasteiger partial charge in [0.25, 0.3) is 0 Å². The summed E-state index contributed by atoms with van der Waals surface area (Å²) in [5.74, 6) is 1.31. The molecule has 0 atom stereocenters. The SMILES string of the molecule is C=CC(=O)NC/C=C/c1cc2c(Nc3ccc(Oc4ccc5c(c4)ncn5C)c(C)c3)ccnc2cn1. The summed E-state index contributed by atoms with van der Waals surface area (Å²) >= 11 is 0. The Hall–Kier alpha value is -4.98.